The van der Waals surface area contributed by atoms with Crippen LogP contribution in [0.5, 0.6) is 0 Å². The molecule has 1 amide bonds. The van der Waals surface area contributed by atoms with Crippen molar-refractivity contribution in [2.45, 2.75) is 25.4 Å². The minimum Gasteiger partial charge on any atom is -0.374 e. The first-order valence-electron chi connectivity index (χ1n) is 8.62. The maximum atomic E-state index is 12.5. The molecule has 1 N–H and O–H groups in total. The topological polar surface area (TPSA) is 57.7 Å². The van der Waals surface area contributed by atoms with E-state index in [0.29, 0.717) is 22.9 Å². The molecule has 0 aliphatic carbocycles. The van der Waals surface area contributed by atoms with Gasteiger partial charge in [-0.05, 0) is 32.4 Å². The van der Waals surface area contributed by atoms with Crippen LogP contribution in [0.3, 0.4) is 0 Å². The van der Waals surface area contributed by atoms with Gasteiger partial charge in [-0.25, -0.2) is 4.98 Å². The van der Waals surface area contributed by atoms with Crippen molar-refractivity contribution in [2.75, 3.05) is 51.7 Å². The average molecular weight is 353 g/mol. The summed E-state index contributed by atoms with van der Waals surface area (Å²) in [6.07, 6.45) is 5.07. The maximum Gasteiger partial charge on any atom is 0.255 e. The van der Waals surface area contributed by atoms with Gasteiger partial charge in [0.25, 0.3) is 5.91 Å². The Bertz CT molecular complexity index is 578. The third kappa shape index (κ3) is 4.37. The maximum absolute atomic E-state index is 12.5. The second-order valence-electron chi connectivity index (χ2n) is 6.54. The monoisotopic (exact) mass is 352 g/mol. The molecule has 0 bridgehead atoms. The second kappa shape index (κ2) is 8.14. The number of carbonyl (C=O) groups excluding carboxylic acids is 1. The number of rotatable bonds is 4. The minimum absolute atomic E-state index is 0.0212. The summed E-state index contributed by atoms with van der Waals surface area (Å²) in [6, 6.07) is 1.71. The Morgan fingerprint density at radius 1 is 1.38 bits per heavy atom. The Labute approximate surface area is 148 Å². The summed E-state index contributed by atoms with van der Waals surface area (Å²) < 4.78 is 5.72. The van der Waals surface area contributed by atoms with E-state index in [0.717, 1.165) is 45.6 Å². The first-order chi connectivity index (χ1) is 11.6. The summed E-state index contributed by atoms with van der Waals surface area (Å²) in [5.41, 5.74) is 0.557. The molecule has 2 aliphatic rings. The van der Waals surface area contributed by atoms with Crippen LogP contribution in [0.1, 0.15) is 29.6 Å². The van der Waals surface area contributed by atoms with Gasteiger partial charge in [-0.1, -0.05) is 11.6 Å². The van der Waals surface area contributed by atoms with Crippen molar-refractivity contribution < 1.29 is 9.53 Å². The van der Waals surface area contributed by atoms with E-state index in [1.807, 2.05) is 4.90 Å². The predicted molar refractivity (Wildman–Crippen MR) is 94.7 cm³/mol. The Morgan fingerprint density at radius 3 is 2.88 bits per heavy atom. The van der Waals surface area contributed by atoms with Gasteiger partial charge in [-0.2, -0.15) is 0 Å². The number of halogens is 1. The van der Waals surface area contributed by atoms with Crippen LogP contribution in [-0.4, -0.2) is 73.2 Å². The highest BCUT2D eigenvalue weighted by atomic mass is 35.5. The molecule has 3 rings (SSSR count). The largest absolute Gasteiger partial charge is 0.374 e. The number of anilines is 1. The van der Waals surface area contributed by atoms with E-state index < -0.39 is 0 Å². The molecule has 0 spiro atoms. The van der Waals surface area contributed by atoms with Gasteiger partial charge in [0.1, 0.15) is 5.82 Å². The summed E-state index contributed by atoms with van der Waals surface area (Å²) >= 11 is 6.31. The Balaban J connectivity index is 1.58. The highest BCUT2D eigenvalue weighted by Gasteiger charge is 2.21. The predicted octanol–water partition coefficient (Wildman–Crippen LogP) is 2.10. The Hall–Kier alpha value is -1.37. The smallest absolute Gasteiger partial charge is 0.255 e. The molecule has 7 heteroatoms. The van der Waals surface area contributed by atoms with Crippen LogP contribution in [0.2, 0.25) is 5.02 Å². The number of likely N-dealkylation sites (tertiary alicyclic amines) is 1. The number of pyridine rings is 1. The highest BCUT2D eigenvalue weighted by Crippen LogP contribution is 2.22. The Kier molecular flexibility index (Phi) is 5.92. The fraction of sp³-hybridized carbons (Fsp3) is 0.647. The Morgan fingerprint density at radius 2 is 2.17 bits per heavy atom. The zero-order valence-corrected chi connectivity index (χ0v) is 14.9. The molecule has 1 atom stereocenters. The minimum atomic E-state index is 0.0212. The second-order valence-corrected chi connectivity index (χ2v) is 6.95. The molecule has 24 heavy (non-hydrogen) atoms. The van der Waals surface area contributed by atoms with E-state index >= 15 is 0 Å². The van der Waals surface area contributed by atoms with Crippen molar-refractivity contribution >= 4 is 23.3 Å². The lowest BCUT2D eigenvalue weighted by molar-refractivity contribution is -0.0117. The number of aromatic nitrogens is 1. The van der Waals surface area contributed by atoms with E-state index in [1.165, 1.54) is 6.42 Å². The van der Waals surface area contributed by atoms with Crippen LogP contribution in [0.4, 0.5) is 5.82 Å². The van der Waals surface area contributed by atoms with Crippen LogP contribution in [0.25, 0.3) is 0 Å². The van der Waals surface area contributed by atoms with Crippen molar-refractivity contribution in [3.05, 3.63) is 22.8 Å². The van der Waals surface area contributed by atoms with Crippen molar-refractivity contribution in [3.8, 4) is 0 Å². The van der Waals surface area contributed by atoms with Crippen LogP contribution < -0.4 is 5.32 Å². The van der Waals surface area contributed by atoms with Gasteiger partial charge in [-0.15, -0.1) is 0 Å². The van der Waals surface area contributed by atoms with Crippen LogP contribution in [0, 0.1) is 0 Å². The van der Waals surface area contributed by atoms with E-state index in [-0.39, 0.29) is 12.0 Å². The molecule has 0 saturated carbocycles. The number of morpholine rings is 1. The van der Waals surface area contributed by atoms with Crippen molar-refractivity contribution in [3.63, 3.8) is 0 Å². The van der Waals surface area contributed by atoms with Gasteiger partial charge in [0.05, 0.1) is 23.3 Å². The quantitative estimate of drug-likeness (QED) is 0.899. The number of amides is 1. The molecule has 0 radical (unpaired) electrons. The lowest BCUT2D eigenvalue weighted by Crippen LogP contribution is -2.43. The molecule has 132 valence electrons. The van der Waals surface area contributed by atoms with Gasteiger partial charge in [0, 0.05) is 38.9 Å². The van der Waals surface area contributed by atoms with Crippen LogP contribution >= 0.6 is 11.6 Å². The standard InChI is InChI=1S/C17H25ClN4O2/c1-21-7-8-24-14(12-21)11-20-16-15(18)9-13(10-19-16)17(23)22-5-3-2-4-6-22/h9-10,14H,2-8,11-12H2,1H3,(H,19,20). The van der Waals surface area contributed by atoms with Crippen molar-refractivity contribution in [2.24, 2.45) is 0 Å². The molecular weight excluding hydrogens is 328 g/mol. The third-order valence-electron chi connectivity index (χ3n) is 4.57. The fourth-order valence-corrected chi connectivity index (χ4v) is 3.40. The van der Waals surface area contributed by atoms with E-state index in [9.17, 15) is 4.79 Å². The molecule has 2 saturated heterocycles. The summed E-state index contributed by atoms with van der Waals surface area (Å²) in [7, 11) is 2.09. The first-order valence-corrected chi connectivity index (χ1v) is 9.00. The summed E-state index contributed by atoms with van der Waals surface area (Å²) in [5, 5.41) is 3.70. The lowest BCUT2D eigenvalue weighted by Gasteiger charge is -2.30. The molecule has 2 fully saturated rings. The molecule has 6 nitrogen and oxygen atoms in total. The van der Waals surface area contributed by atoms with E-state index in [4.69, 9.17) is 16.3 Å². The number of nitrogens with zero attached hydrogens (tertiary/aromatic N) is 3. The summed E-state index contributed by atoms with van der Waals surface area (Å²) in [6.45, 7) is 4.88. The van der Waals surface area contributed by atoms with Gasteiger partial charge < -0.3 is 19.9 Å². The fourth-order valence-electron chi connectivity index (χ4n) is 3.17. The van der Waals surface area contributed by atoms with Gasteiger partial charge >= 0.3 is 0 Å². The SMILES string of the molecule is CN1CCOC(CNc2ncc(C(=O)N3CCCCC3)cc2Cl)C1. The number of ether oxygens (including phenoxy) is 1. The van der Waals surface area contributed by atoms with E-state index in [1.54, 1.807) is 12.3 Å². The summed E-state index contributed by atoms with van der Waals surface area (Å²) in [4.78, 5) is 20.9. The van der Waals surface area contributed by atoms with Crippen molar-refractivity contribution in [1.29, 1.82) is 0 Å². The number of nitrogens with one attached hydrogen (secondary N) is 1. The van der Waals surface area contributed by atoms with Gasteiger partial charge in [0.2, 0.25) is 0 Å². The highest BCUT2D eigenvalue weighted by molar-refractivity contribution is 6.33. The molecule has 1 aromatic heterocycles. The number of likely N-dealkylation sites (N-methyl/N-ethyl adjacent to an activating group) is 1. The summed E-state index contributed by atoms with van der Waals surface area (Å²) in [5.74, 6) is 0.622. The lowest BCUT2D eigenvalue weighted by atomic mass is 10.1. The molecule has 3 heterocycles. The molecule has 0 aromatic carbocycles. The van der Waals surface area contributed by atoms with E-state index in [2.05, 4.69) is 22.2 Å². The normalized spacial score (nSPS) is 22.4. The van der Waals surface area contributed by atoms with Crippen LogP contribution in [-0.2, 0) is 4.74 Å². The molecular formula is C17H25ClN4O2. The van der Waals surface area contributed by atoms with Crippen molar-refractivity contribution in [1.82, 2.24) is 14.8 Å². The number of hydrogen-bond donors (Lipinski definition) is 1. The average Bonchev–Trinajstić information content (AvgIpc) is 2.61. The van der Waals surface area contributed by atoms with Gasteiger partial charge in [-0.3, -0.25) is 4.79 Å². The van der Waals surface area contributed by atoms with Gasteiger partial charge in [0.15, 0.2) is 0 Å². The van der Waals surface area contributed by atoms with Crippen LogP contribution in [0.15, 0.2) is 12.3 Å². The number of piperidine rings is 1. The molecule has 2 aliphatic heterocycles. The zero-order chi connectivity index (χ0) is 16.9. The molecule has 1 aromatic rings. The third-order valence-corrected chi connectivity index (χ3v) is 4.86. The number of hydrogen-bond acceptors (Lipinski definition) is 5. The zero-order valence-electron chi connectivity index (χ0n) is 14.1. The molecule has 1 unspecified atom stereocenters. The first kappa shape index (κ1) is 17.5. The number of carbonyl (C=O) groups is 1.